The summed E-state index contributed by atoms with van der Waals surface area (Å²) < 4.78 is 10.2. The van der Waals surface area contributed by atoms with Gasteiger partial charge in [0.2, 0.25) is 4.38 Å². The Balaban J connectivity index is 2.89. The Hall–Kier alpha value is -1.40. The highest BCUT2D eigenvalue weighted by molar-refractivity contribution is 8.23. The molecule has 108 valence electrons. The number of rotatable bonds is 6. The number of esters is 1. The molecule has 0 fully saturated rings. The van der Waals surface area contributed by atoms with Crippen LogP contribution >= 0.6 is 24.0 Å². The topological polar surface area (TPSA) is 52.6 Å². The second-order valence-electron chi connectivity index (χ2n) is 3.66. The number of hydrogen-bond acceptors (Lipinski definition) is 6. The van der Waals surface area contributed by atoms with E-state index in [1.807, 2.05) is 0 Å². The summed E-state index contributed by atoms with van der Waals surface area (Å²) in [7, 11) is 0. The number of thioether (sulfide) groups is 1. The van der Waals surface area contributed by atoms with E-state index in [2.05, 4.69) is 0 Å². The fourth-order valence-corrected chi connectivity index (χ4v) is 2.62. The van der Waals surface area contributed by atoms with Gasteiger partial charge in [0.1, 0.15) is 0 Å². The highest BCUT2D eigenvalue weighted by Gasteiger charge is 2.31. The van der Waals surface area contributed by atoms with E-state index < -0.39 is 11.2 Å². The van der Waals surface area contributed by atoms with Crippen LogP contribution in [0.15, 0.2) is 30.3 Å². The molecule has 0 bridgehead atoms. The SMILES string of the molecule is CCOC(=O)C(SC(=S)OCC)C(=O)c1ccccc1. The molecule has 0 saturated carbocycles. The van der Waals surface area contributed by atoms with Gasteiger partial charge in [-0.2, -0.15) is 0 Å². The Labute approximate surface area is 127 Å². The Morgan fingerprint density at radius 1 is 1.15 bits per heavy atom. The van der Waals surface area contributed by atoms with Crippen LogP contribution in [0, 0.1) is 0 Å². The molecule has 0 heterocycles. The third-order valence-corrected chi connectivity index (χ3v) is 3.63. The van der Waals surface area contributed by atoms with Crippen LogP contribution < -0.4 is 0 Å². The van der Waals surface area contributed by atoms with Crippen LogP contribution in [0.3, 0.4) is 0 Å². The smallest absolute Gasteiger partial charge is 0.327 e. The van der Waals surface area contributed by atoms with E-state index in [9.17, 15) is 9.59 Å². The summed E-state index contributed by atoms with van der Waals surface area (Å²) in [5.41, 5.74) is 0.442. The van der Waals surface area contributed by atoms with Gasteiger partial charge in [0.15, 0.2) is 11.0 Å². The Kier molecular flexibility index (Phi) is 7.25. The lowest BCUT2D eigenvalue weighted by molar-refractivity contribution is -0.141. The molecule has 20 heavy (non-hydrogen) atoms. The number of hydrogen-bond donors (Lipinski definition) is 0. The molecule has 0 saturated heterocycles. The summed E-state index contributed by atoms with van der Waals surface area (Å²) in [5, 5.41) is -1.03. The molecule has 1 unspecified atom stereocenters. The molecule has 0 radical (unpaired) electrons. The minimum atomic E-state index is -1.03. The average Bonchev–Trinajstić information content (AvgIpc) is 2.45. The van der Waals surface area contributed by atoms with E-state index in [1.54, 1.807) is 44.2 Å². The maximum atomic E-state index is 12.4. The molecule has 0 N–H and O–H groups in total. The van der Waals surface area contributed by atoms with Crippen LogP contribution in [0.1, 0.15) is 24.2 Å². The molecule has 0 aliphatic heterocycles. The lowest BCUT2D eigenvalue weighted by Gasteiger charge is -2.14. The second kappa shape index (κ2) is 8.71. The van der Waals surface area contributed by atoms with Crippen LogP contribution in [-0.4, -0.2) is 34.6 Å². The number of thiocarbonyl (C=S) groups is 1. The van der Waals surface area contributed by atoms with Gasteiger partial charge in [-0.1, -0.05) is 42.1 Å². The average molecular weight is 312 g/mol. The van der Waals surface area contributed by atoms with E-state index in [-0.39, 0.29) is 16.8 Å². The zero-order chi connectivity index (χ0) is 15.0. The molecule has 0 spiro atoms. The summed E-state index contributed by atoms with van der Waals surface area (Å²) in [6, 6.07) is 8.58. The maximum Gasteiger partial charge on any atom is 0.327 e. The third-order valence-electron chi connectivity index (χ3n) is 2.27. The lowest BCUT2D eigenvalue weighted by Crippen LogP contribution is -2.30. The summed E-state index contributed by atoms with van der Waals surface area (Å²) in [4.78, 5) is 24.3. The number of carbonyl (C=O) groups excluding carboxylic acids is 2. The van der Waals surface area contributed by atoms with Gasteiger partial charge in [-0.25, -0.2) is 0 Å². The van der Waals surface area contributed by atoms with Crippen molar-refractivity contribution in [1.29, 1.82) is 0 Å². The summed E-state index contributed by atoms with van der Waals surface area (Å²) in [6.07, 6.45) is 0. The number of benzene rings is 1. The van der Waals surface area contributed by atoms with Crippen molar-refractivity contribution in [2.45, 2.75) is 19.1 Å². The third kappa shape index (κ3) is 4.94. The van der Waals surface area contributed by atoms with Crippen LogP contribution in [0.4, 0.5) is 0 Å². The molecule has 0 aliphatic rings. The van der Waals surface area contributed by atoms with Crippen molar-refractivity contribution < 1.29 is 19.1 Å². The Bertz CT molecular complexity index is 473. The van der Waals surface area contributed by atoms with E-state index in [0.29, 0.717) is 12.2 Å². The zero-order valence-corrected chi connectivity index (χ0v) is 13.0. The molecule has 1 rings (SSSR count). The first-order chi connectivity index (χ1) is 9.60. The van der Waals surface area contributed by atoms with Crippen molar-refractivity contribution >= 4 is 40.1 Å². The van der Waals surface area contributed by atoms with Crippen LogP contribution in [0.2, 0.25) is 0 Å². The van der Waals surface area contributed by atoms with E-state index in [4.69, 9.17) is 21.7 Å². The second-order valence-corrected chi connectivity index (χ2v) is 5.37. The minimum Gasteiger partial charge on any atom is -0.479 e. The van der Waals surface area contributed by atoms with Crippen LogP contribution in [0.5, 0.6) is 0 Å². The van der Waals surface area contributed by atoms with Gasteiger partial charge in [-0.05, 0) is 26.1 Å². The molecule has 1 aromatic rings. The van der Waals surface area contributed by atoms with Gasteiger partial charge in [0.25, 0.3) is 0 Å². The van der Waals surface area contributed by atoms with E-state index in [0.717, 1.165) is 11.8 Å². The largest absolute Gasteiger partial charge is 0.479 e. The molecule has 6 heteroatoms. The fraction of sp³-hybridized carbons (Fsp3) is 0.357. The maximum absolute atomic E-state index is 12.4. The van der Waals surface area contributed by atoms with Gasteiger partial charge < -0.3 is 9.47 Å². The summed E-state index contributed by atoms with van der Waals surface area (Å²) in [5.74, 6) is -0.940. The molecule has 1 atom stereocenters. The lowest BCUT2D eigenvalue weighted by atomic mass is 10.1. The van der Waals surface area contributed by atoms with Crippen molar-refractivity contribution in [3.8, 4) is 0 Å². The highest BCUT2D eigenvalue weighted by atomic mass is 32.2. The van der Waals surface area contributed by atoms with Gasteiger partial charge >= 0.3 is 5.97 Å². The van der Waals surface area contributed by atoms with Gasteiger partial charge in [0, 0.05) is 5.56 Å². The standard InChI is InChI=1S/C14H16O4S2/c1-3-17-13(16)12(20-14(19)18-4-2)11(15)10-8-6-5-7-9-10/h5-9,12H,3-4H2,1-2H3. The van der Waals surface area contributed by atoms with Gasteiger partial charge in [-0.15, -0.1) is 0 Å². The molecular weight excluding hydrogens is 296 g/mol. The minimum absolute atomic E-state index is 0.162. The van der Waals surface area contributed by atoms with Gasteiger partial charge in [-0.3, -0.25) is 9.59 Å². The number of ether oxygens (including phenoxy) is 2. The van der Waals surface area contributed by atoms with E-state index >= 15 is 0 Å². The molecule has 0 aliphatic carbocycles. The first-order valence-corrected chi connectivity index (χ1v) is 7.48. The predicted molar refractivity (Wildman–Crippen MR) is 83.0 cm³/mol. The van der Waals surface area contributed by atoms with E-state index in [1.165, 1.54) is 0 Å². The molecule has 1 aromatic carbocycles. The summed E-state index contributed by atoms with van der Waals surface area (Å²) in [6.45, 7) is 4.07. The predicted octanol–water partition coefficient (Wildman–Crippen LogP) is 2.86. The first kappa shape index (κ1) is 16.7. The van der Waals surface area contributed by atoms with Crippen LogP contribution in [0.25, 0.3) is 0 Å². The van der Waals surface area contributed by atoms with Crippen molar-refractivity contribution in [2.24, 2.45) is 0 Å². The fourth-order valence-electron chi connectivity index (χ4n) is 1.43. The number of ketones is 1. The van der Waals surface area contributed by atoms with Crippen molar-refractivity contribution in [3.05, 3.63) is 35.9 Å². The number of Topliss-reactive ketones (excluding diaryl/α,β-unsaturated/α-hetero) is 1. The molecule has 4 nitrogen and oxygen atoms in total. The highest BCUT2D eigenvalue weighted by Crippen LogP contribution is 2.21. The van der Waals surface area contributed by atoms with Gasteiger partial charge in [0.05, 0.1) is 13.2 Å². The Morgan fingerprint density at radius 2 is 1.75 bits per heavy atom. The van der Waals surface area contributed by atoms with Crippen molar-refractivity contribution in [3.63, 3.8) is 0 Å². The Morgan fingerprint density at radius 3 is 2.30 bits per heavy atom. The summed E-state index contributed by atoms with van der Waals surface area (Å²) >= 11 is 5.89. The monoisotopic (exact) mass is 312 g/mol. The first-order valence-electron chi connectivity index (χ1n) is 6.19. The molecular formula is C14H16O4S2. The zero-order valence-electron chi connectivity index (χ0n) is 11.3. The normalized spacial score (nSPS) is 11.5. The number of carbonyl (C=O) groups is 2. The van der Waals surface area contributed by atoms with Crippen LogP contribution in [-0.2, 0) is 14.3 Å². The quantitative estimate of drug-likeness (QED) is 0.348. The van der Waals surface area contributed by atoms with Crippen molar-refractivity contribution in [2.75, 3.05) is 13.2 Å². The molecule has 0 amide bonds. The molecule has 0 aromatic heterocycles. The van der Waals surface area contributed by atoms with Crippen molar-refractivity contribution in [1.82, 2.24) is 0 Å².